The Labute approximate surface area is 147 Å². The molecular weight excluding hydrogens is 340 g/mol. The highest BCUT2D eigenvalue weighted by atomic mass is 32.2. The molecule has 1 amide bonds. The number of anilines is 1. The van der Waals surface area contributed by atoms with Gasteiger partial charge in [-0.15, -0.1) is 0 Å². The van der Waals surface area contributed by atoms with E-state index >= 15 is 0 Å². The summed E-state index contributed by atoms with van der Waals surface area (Å²) in [5.41, 5.74) is 0.696. The maximum Gasteiger partial charge on any atom is 0.265 e. The summed E-state index contributed by atoms with van der Waals surface area (Å²) >= 11 is 0. The summed E-state index contributed by atoms with van der Waals surface area (Å²) in [7, 11) is -1.96. The van der Waals surface area contributed by atoms with Gasteiger partial charge < -0.3 is 10.1 Å². The van der Waals surface area contributed by atoms with Crippen molar-refractivity contribution in [3.05, 3.63) is 36.4 Å². The molecule has 2 aromatic carbocycles. The van der Waals surface area contributed by atoms with Crippen LogP contribution in [0.4, 0.5) is 5.69 Å². The molecule has 0 saturated heterocycles. The van der Waals surface area contributed by atoms with Gasteiger partial charge in [-0.2, -0.15) is 0 Å². The van der Waals surface area contributed by atoms with Crippen LogP contribution < -0.4 is 9.62 Å². The zero-order valence-corrected chi connectivity index (χ0v) is 15.2. The van der Waals surface area contributed by atoms with Gasteiger partial charge in [0.25, 0.3) is 10.0 Å². The normalized spacial score (nSPS) is 16.2. The maximum absolute atomic E-state index is 12.8. The van der Waals surface area contributed by atoms with Crippen LogP contribution in [0.3, 0.4) is 0 Å². The summed E-state index contributed by atoms with van der Waals surface area (Å²) in [6, 6.07) is 10.8. The molecule has 134 valence electrons. The van der Waals surface area contributed by atoms with E-state index in [1.807, 2.05) is 31.2 Å². The van der Waals surface area contributed by atoms with E-state index in [4.69, 9.17) is 4.74 Å². The molecule has 3 rings (SSSR count). The fraction of sp³-hybridized carbons (Fsp3) is 0.389. The molecule has 0 aromatic heterocycles. The summed E-state index contributed by atoms with van der Waals surface area (Å²) in [6.45, 7) is 2.59. The van der Waals surface area contributed by atoms with Crippen LogP contribution in [0.1, 0.15) is 19.8 Å². The van der Waals surface area contributed by atoms with Crippen LogP contribution in [0.15, 0.2) is 41.3 Å². The molecule has 0 unspecified atom stereocenters. The Morgan fingerprint density at radius 1 is 1.24 bits per heavy atom. The van der Waals surface area contributed by atoms with Crippen molar-refractivity contribution in [1.29, 1.82) is 0 Å². The summed E-state index contributed by atoms with van der Waals surface area (Å²) in [5.74, 6) is -0.100. The van der Waals surface area contributed by atoms with Crippen LogP contribution in [0.5, 0.6) is 0 Å². The minimum absolute atomic E-state index is 0.0639. The van der Waals surface area contributed by atoms with E-state index in [0.29, 0.717) is 23.6 Å². The lowest BCUT2D eigenvalue weighted by Gasteiger charge is -2.19. The highest BCUT2D eigenvalue weighted by Gasteiger charge is 2.34. The lowest BCUT2D eigenvalue weighted by atomic mass is 10.1. The highest BCUT2D eigenvalue weighted by molar-refractivity contribution is 7.93. The van der Waals surface area contributed by atoms with Crippen LogP contribution >= 0.6 is 0 Å². The molecule has 2 aromatic rings. The second-order valence-electron chi connectivity index (χ2n) is 6.24. The summed E-state index contributed by atoms with van der Waals surface area (Å²) in [4.78, 5) is 12.3. The fourth-order valence-electron chi connectivity index (χ4n) is 3.22. The lowest BCUT2D eigenvalue weighted by molar-refractivity contribution is -0.122. The second kappa shape index (κ2) is 7.01. The number of sulfonamides is 1. The van der Waals surface area contributed by atoms with Crippen molar-refractivity contribution in [2.24, 2.45) is 0 Å². The standard InChI is InChI=1S/C18H22N2O4S/c1-13(12-24-2)19-17(21)10-5-11-20-15-8-3-6-14-7-4-9-16(18(14)15)25(20,22)23/h3-4,6-9,13H,5,10-12H2,1-2H3,(H,19,21)/t13-/m1/s1. The molecule has 1 aliphatic rings. The zero-order chi connectivity index (χ0) is 18.0. The smallest absolute Gasteiger partial charge is 0.265 e. The fourth-order valence-corrected chi connectivity index (χ4v) is 4.97. The van der Waals surface area contributed by atoms with Crippen molar-refractivity contribution in [3.63, 3.8) is 0 Å². The summed E-state index contributed by atoms with van der Waals surface area (Å²) in [5, 5.41) is 4.51. The van der Waals surface area contributed by atoms with E-state index in [0.717, 1.165) is 10.8 Å². The predicted molar refractivity (Wildman–Crippen MR) is 97.2 cm³/mol. The Morgan fingerprint density at radius 2 is 1.96 bits per heavy atom. The average molecular weight is 362 g/mol. The van der Waals surface area contributed by atoms with Crippen molar-refractivity contribution in [1.82, 2.24) is 5.32 Å². The minimum Gasteiger partial charge on any atom is -0.383 e. The largest absolute Gasteiger partial charge is 0.383 e. The molecule has 0 aliphatic carbocycles. The number of nitrogens with zero attached hydrogens (tertiary/aromatic N) is 1. The first-order chi connectivity index (χ1) is 11.9. The van der Waals surface area contributed by atoms with Crippen LogP contribution in [0.2, 0.25) is 0 Å². The van der Waals surface area contributed by atoms with Gasteiger partial charge in [-0.05, 0) is 30.9 Å². The lowest BCUT2D eigenvalue weighted by Crippen LogP contribution is -2.36. The molecule has 1 atom stereocenters. The van der Waals surface area contributed by atoms with Gasteiger partial charge in [0, 0.05) is 31.5 Å². The summed E-state index contributed by atoms with van der Waals surface area (Å²) < 4.78 is 32.0. The third-order valence-electron chi connectivity index (χ3n) is 4.27. The Balaban J connectivity index is 1.70. The number of hydrogen-bond acceptors (Lipinski definition) is 4. The molecule has 0 fully saturated rings. The van der Waals surface area contributed by atoms with E-state index in [-0.39, 0.29) is 24.9 Å². The number of ether oxygens (including phenoxy) is 1. The number of methoxy groups -OCH3 is 1. The van der Waals surface area contributed by atoms with Gasteiger partial charge in [-0.25, -0.2) is 8.42 Å². The van der Waals surface area contributed by atoms with E-state index in [1.165, 1.54) is 4.31 Å². The molecule has 1 N–H and O–H groups in total. The van der Waals surface area contributed by atoms with E-state index in [2.05, 4.69) is 5.32 Å². The first-order valence-corrected chi connectivity index (χ1v) is 9.72. The van der Waals surface area contributed by atoms with E-state index in [1.54, 1.807) is 19.2 Å². The quantitative estimate of drug-likeness (QED) is 0.820. The van der Waals surface area contributed by atoms with Crippen LogP contribution in [-0.2, 0) is 19.6 Å². The number of carbonyl (C=O) groups excluding carboxylic acids is 1. The van der Waals surface area contributed by atoms with Crippen LogP contribution in [-0.4, -0.2) is 40.6 Å². The molecule has 25 heavy (non-hydrogen) atoms. The number of rotatable bonds is 7. The number of carbonyl (C=O) groups is 1. The van der Waals surface area contributed by atoms with Gasteiger partial charge >= 0.3 is 0 Å². The Morgan fingerprint density at radius 3 is 2.68 bits per heavy atom. The number of amides is 1. The van der Waals surface area contributed by atoms with Gasteiger partial charge in [0.1, 0.15) is 0 Å². The predicted octanol–water partition coefficient (Wildman–Crippen LogP) is 2.28. The molecule has 1 aliphatic heterocycles. The van der Waals surface area contributed by atoms with Crippen molar-refractivity contribution in [3.8, 4) is 0 Å². The molecule has 6 nitrogen and oxygen atoms in total. The van der Waals surface area contributed by atoms with E-state index in [9.17, 15) is 13.2 Å². The number of nitrogens with one attached hydrogen (secondary N) is 1. The van der Waals surface area contributed by atoms with Crippen LogP contribution in [0, 0.1) is 0 Å². The maximum atomic E-state index is 12.8. The van der Waals surface area contributed by atoms with Crippen molar-refractivity contribution in [2.45, 2.75) is 30.7 Å². The Hall–Kier alpha value is -2.12. The van der Waals surface area contributed by atoms with Gasteiger partial charge in [0.2, 0.25) is 5.91 Å². The average Bonchev–Trinajstić information content (AvgIpc) is 2.78. The number of hydrogen-bond donors (Lipinski definition) is 1. The van der Waals surface area contributed by atoms with Gasteiger partial charge in [0.05, 0.1) is 17.2 Å². The molecular formula is C18H22N2O4S. The molecule has 1 heterocycles. The monoisotopic (exact) mass is 362 g/mol. The highest BCUT2D eigenvalue weighted by Crippen LogP contribution is 2.41. The molecule has 0 saturated carbocycles. The summed E-state index contributed by atoms with van der Waals surface area (Å²) in [6.07, 6.45) is 0.724. The van der Waals surface area contributed by atoms with Crippen molar-refractivity contribution >= 4 is 32.4 Å². The SMILES string of the molecule is COC[C@@H](C)NC(=O)CCCN1c2cccc3cccc(c23)S1(=O)=O. The first kappa shape index (κ1) is 17.7. The third kappa shape index (κ3) is 3.34. The number of benzene rings is 2. The van der Waals surface area contributed by atoms with Crippen molar-refractivity contribution < 1.29 is 17.9 Å². The van der Waals surface area contributed by atoms with Crippen LogP contribution in [0.25, 0.3) is 10.8 Å². The first-order valence-electron chi connectivity index (χ1n) is 8.28. The topological polar surface area (TPSA) is 75.7 Å². The zero-order valence-electron chi connectivity index (χ0n) is 14.4. The second-order valence-corrected chi connectivity index (χ2v) is 8.07. The van der Waals surface area contributed by atoms with Gasteiger partial charge in [0.15, 0.2) is 0 Å². The van der Waals surface area contributed by atoms with Gasteiger partial charge in [-0.3, -0.25) is 9.10 Å². The van der Waals surface area contributed by atoms with E-state index < -0.39 is 10.0 Å². The molecule has 7 heteroatoms. The Bertz CT molecular complexity index is 890. The molecule has 0 bridgehead atoms. The molecule has 0 radical (unpaired) electrons. The van der Waals surface area contributed by atoms with Gasteiger partial charge in [-0.1, -0.05) is 24.3 Å². The minimum atomic E-state index is -3.55. The Kier molecular flexibility index (Phi) is 4.96. The third-order valence-corrected chi connectivity index (χ3v) is 6.13. The van der Waals surface area contributed by atoms with Crippen molar-refractivity contribution in [2.75, 3.05) is 24.6 Å². The molecule has 0 spiro atoms.